The topological polar surface area (TPSA) is 3.01 Å². The maximum atomic E-state index is 4.19. The van der Waals surface area contributed by atoms with Crippen molar-refractivity contribution in [3.05, 3.63) is 0 Å². The highest BCUT2D eigenvalue weighted by Gasteiger charge is 2.19. The molecular weight excluding hydrogens is 162 g/mol. The van der Waals surface area contributed by atoms with Gasteiger partial charge in [0.25, 0.3) is 4.38 Å². The van der Waals surface area contributed by atoms with Gasteiger partial charge in [0.15, 0.2) is 0 Å². The smallest absolute Gasteiger partial charge is 0.219 e. The summed E-state index contributed by atoms with van der Waals surface area (Å²) in [5.41, 5.74) is 0. The molecule has 1 aliphatic rings. The van der Waals surface area contributed by atoms with Crippen molar-refractivity contribution < 1.29 is 4.58 Å². The normalized spacial score (nSPS) is 26.7. The quantitative estimate of drug-likeness (QED) is 0.314. The number of thiol groups is 2. The fourth-order valence-electron chi connectivity index (χ4n) is 1.37. The lowest BCUT2D eigenvalue weighted by molar-refractivity contribution is -0.539. The summed E-state index contributed by atoms with van der Waals surface area (Å²) in [6.07, 6.45) is 2.64. The number of hydrogen-bond acceptors (Lipinski definition) is 0. The molecule has 1 rings (SSSR count). The van der Waals surface area contributed by atoms with E-state index in [0.29, 0.717) is 0 Å². The van der Waals surface area contributed by atoms with E-state index >= 15 is 0 Å². The van der Waals surface area contributed by atoms with Crippen molar-refractivity contribution in [1.29, 1.82) is 0 Å². The molecule has 0 radical (unpaired) electrons. The monoisotopic (exact) mass is 176 g/mol. The molecule has 10 heavy (non-hydrogen) atoms. The Morgan fingerprint density at radius 2 is 2.20 bits per heavy atom. The predicted octanol–water partition coefficient (Wildman–Crippen LogP) is 1.64. The van der Waals surface area contributed by atoms with Crippen molar-refractivity contribution in [2.75, 3.05) is 13.1 Å². The summed E-state index contributed by atoms with van der Waals surface area (Å²) < 4.78 is 3.09. The van der Waals surface area contributed by atoms with Gasteiger partial charge in [-0.2, -0.15) is 0 Å². The van der Waals surface area contributed by atoms with Crippen LogP contribution in [-0.2, 0) is 0 Å². The van der Waals surface area contributed by atoms with E-state index in [1.54, 1.807) is 0 Å². The Balaban J connectivity index is 2.55. The molecule has 1 heterocycles. The highest BCUT2D eigenvalue weighted by Crippen LogP contribution is 2.13. The molecule has 1 aliphatic heterocycles. The summed E-state index contributed by atoms with van der Waals surface area (Å²) in [6.45, 7) is 4.53. The summed E-state index contributed by atoms with van der Waals surface area (Å²) in [4.78, 5) is 0. The Kier molecular flexibility index (Phi) is 3.11. The first-order valence-electron chi connectivity index (χ1n) is 3.70. The van der Waals surface area contributed by atoms with E-state index in [4.69, 9.17) is 0 Å². The third-order valence-corrected chi connectivity index (χ3v) is 2.51. The minimum Gasteiger partial charge on any atom is -0.219 e. The molecule has 3 heteroatoms. The molecule has 0 aliphatic carbocycles. The second-order valence-electron chi connectivity index (χ2n) is 2.99. The third kappa shape index (κ3) is 2.20. The van der Waals surface area contributed by atoms with Crippen molar-refractivity contribution in [2.24, 2.45) is 5.92 Å². The van der Waals surface area contributed by atoms with Gasteiger partial charge < -0.3 is 0 Å². The van der Waals surface area contributed by atoms with Gasteiger partial charge in [-0.3, -0.25) is 0 Å². The minimum atomic E-state index is 0.808. The Morgan fingerprint density at radius 1 is 1.50 bits per heavy atom. The zero-order chi connectivity index (χ0) is 7.56. The van der Waals surface area contributed by atoms with Crippen molar-refractivity contribution >= 4 is 29.6 Å². The summed E-state index contributed by atoms with van der Waals surface area (Å²) in [5, 5.41) is 0. The molecule has 1 nitrogen and oxygen atoms in total. The average molecular weight is 176 g/mol. The molecule has 0 amide bonds. The summed E-state index contributed by atoms with van der Waals surface area (Å²) in [5.74, 6) is 0.808. The first-order valence-corrected chi connectivity index (χ1v) is 4.59. The fourth-order valence-corrected chi connectivity index (χ4v) is 1.73. The first kappa shape index (κ1) is 8.47. The second kappa shape index (κ2) is 3.67. The van der Waals surface area contributed by atoms with Gasteiger partial charge in [0, 0.05) is 12.3 Å². The summed E-state index contributed by atoms with van der Waals surface area (Å²) in [6, 6.07) is 0. The molecular formula is C7H14NS2+. The zero-order valence-corrected chi connectivity index (χ0v) is 8.04. The molecule has 0 saturated carbocycles. The SMILES string of the molecule is CC1CCC[N+](=C(S)S)C1. The summed E-state index contributed by atoms with van der Waals surface area (Å²) >= 11 is 8.38. The molecule has 0 bridgehead atoms. The van der Waals surface area contributed by atoms with E-state index in [-0.39, 0.29) is 0 Å². The van der Waals surface area contributed by atoms with Crippen LogP contribution in [0.25, 0.3) is 0 Å². The van der Waals surface area contributed by atoms with Gasteiger partial charge in [-0.25, -0.2) is 4.58 Å². The Hall–Kier alpha value is 0.370. The second-order valence-corrected chi connectivity index (χ2v) is 4.19. The third-order valence-electron chi connectivity index (χ3n) is 1.94. The van der Waals surface area contributed by atoms with Crippen LogP contribution in [0.1, 0.15) is 19.8 Å². The summed E-state index contributed by atoms with van der Waals surface area (Å²) in [7, 11) is 0. The lowest BCUT2D eigenvalue weighted by Crippen LogP contribution is -2.28. The lowest BCUT2D eigenvalue weighted by Gasteiger charge is -2.16. The van der Waals surface area contributed by atoms with Crippen molar-refractivity contribution in [3.63, 3.8) is 0 Å². The van der Waals surface area contributed by atoms with Crippen LogP contribution in [-0.4, -0.2) is 22.0 Å². The van der Waals surface area contributed by atoms with Crippen molar-refractivity contribution in [1.82, 2.24) is 0 Å². The average Bonchev–Trinajstić information content (AvgIpc) is 1.88. The van der Waals surface area contributed by atoms with Crippen molar-refractivity contribution in [2.45, 2.75) is 19.8 Å². The van der Waals surface area contributed by atoms with Gasteiger partial charge in [0.2, 0.25) is 0 Å². The largest absolute Gasteiger partial charge is 0.263 e. The minimum absolute atomic E-state index is 0.808. The van der Waals surface area contributed by atoms with E-state index in [2.05, 4.69) is 36.8 Å². The van der Waals surface area contributed by atoms with Gasteiger partial charge in [-0.1, -0.05) is 32.2 Å². The fraction of sp³-hybridized carbons (Fsp3) is 0.857. The van der Waals surface area contributed by atoms with Gasteiger partial charge in [-0.15, -0.1) is 0 Å². The van der Waals surface area contributed by atoms with Gasteiger partial charge in [-0.05, 0) is 6.42 Å². The zero-order valence-electron chi connectivity index (χ0n) is 6.25. The molecule has 1 saturated heterocycles. The number of rotatable bonds is 0. The van der Waals surface area contributed by atoms with E-state index < -0.39 is 0 Å². The van der Waals surface area contributed by atoms with Crippen LogP contribution >= 0.6 is 25.3 Å². The molecule has 0 aromatic carbocycles. The Morgan fingerprint density at radius 3 is 2.60 bits per heavy atom. The lowest BCUT2D eigenvalue weighted by atomic mass is 10.0. The van der Waals surface area contributed by atoms with Crippen LogP contribution < -0.4 is 0 Å². The highest BCUT2D eigenvalue weighted by molar-refractivity contribution is 8.23. The number of piperidine rings is 1. The van der Waals surface area contributed by atoms with E-state index in [1.807, 2.05) is 0 Å². The molecule has 0 spiro atoms. The molecule has 0 N–H and O–H groups in total. The van der Waals surface area contributed by atoms with Crippen LogP contribution in [0.15, 0.2) is 0 Å². The molecule has 0 aromatic heterocycles. The predicted molar refractivity (Wildman–Crippen MR) is 51.4 cm³/mol. The van der Waals surface area contributed by atoms with Crippen LogP contribution in [0.5, 0.6) is 0 Å². The van der Waals surface area contributed by atoms with Gasteiger partial charge in [0.1, 0.15) is 13.1 Å². The van der Waals surface area contributed by atoms with E-state index in [1.165, 1.54) is 12.8 Å². The van der Waals surface area contributed by atoms with Crippen LogP contribution in [0.4, 0.5) is 0 Å². The van der Waals surface area contributed by atoms with Crippen molar-refractivity contribution in [3.8, 4) is 0 Å². The highest BCUT2D eigenvalue weighted by atomic mass is 32.2. The Bertz CT molecular complexity index is 150. The van der Waals surface area contributed by atoms with Gasteiger partial charge >= 0.3 is 0 Å². The van der Waals surface area contributed by atoms with E-state index in [9.17, 15) is 0 Å². The van der Waals surface area contributed by atoms with Crippen LogP contribution in [0, 0.1) is 5.92 Å². The maximum absolute atomic E-state index is 4.19. The van der Waals surface area contributed by atoms with E-state index in [0.717, 1.165) is 23.4 Å². The van der Waals surface area contributed by atoms with Crippen LogP contribution in [0.3, 0.4) is 0 Å². The Labute approximate surface area is 73.3 Å². The molecule has 1 fully saturated rings. The molecule has 58 valence electrons. The molecule has 1 atom stereocenters. The standard InChI is InChI=1S/C7H13NS2/c1-6-3-2-4-8(5-6)7(9)10/h6H,2-5H2,1H3,(H,9,10)/p+1. The van der Waals surface area contributed by atoms with Crippen LogP contribution in [0.2, 0.25) is 0 Å². The van der Waals surface area contributed by atoms with Gasteiger partial charge in [0.05, 0.1) is 0 Å². The molecule has 0 aromatic rings. The first-order chi connectivity index (χ1) is 4.70. The molecule has 1 unspecified atom stereocenters. The number of nitrogens with zero attached hydrogens (tertiary/aromatic N) is 1. The maximum Gasteiger partial charge on any atom is 0.263 e. The number of hydrogen-bond donors (Lipinski definition) is 2.